The Bertz CT molecular complexity index is 561. The molecule has 0 radical (unpaired) electrons. The molecule has 2 aromatic rings. The van der Waals surface area contributed by atoms with Crippen molar-refractivity contribution in [1.29, 1.82) is 0 Å². The normalized spacial score (nSPS) is 20.4. The summed E-state index contributed by atoms with van der Waals surface area (Å²) >= 11 is 6.12. The average Bonchev–Trinajstić information content (AvgIpc) is 2.70. The van der Waals surface area contributed by atoms with Crippen LogP contribution >= 0.6 is 11.6 Å². The third-order valence-corrected chi connectivity index (χ3v) is 3.72. The molecule has 0 amide bonds. The molecular formula is C13H16ClN3O. The number of hydrogen-bond donors (Lipinski definition) is 1. The van der Waals surface area contributed by atoms with Crippen LogP contribution in [-0.4, -0.2) is 22.3 Å². The van der Waals surface area contributed by atoms with Crippen molar-refractivity contribution in [1.82, 2.24) is 9.55 Å². The van der Waals surface area contributed by atoms with Gasteiger partial charge in [0.1, 0.15) is 5.52 Å². The van der Waals surface area contributed by atoms with E-state index in [4.69, 9.17) is 22.1 Å². The molecule has 5 heteroatoms. The molecule has 1 fully saturated rings. The first kappa shape index (κ1) is 11.8. The fourth-order valence-electron chi connectivity index (χ4n) is 2.48. The molecular weight excluding hydrogens is 250 g/mol. The molecule has 2 heterocycles. The van der Waals surface area contributed by atoms with E-state index in [-0.39, 0.29) is 6.10 Å². The van der Waals surface area contributed by atoms with Crippen molar-refractivity contribution in [2.24, 2.45) is 0 Å². The number of rotatable bonds is 2. The van der Waals surface area contributed by atoms with E-state index in [9.17, 15) is 0 Å². The van der Waals surface area contributed by atoms with Crippen LogP contribution in [0.25, 0.3) is 11.0 Å². The summed E-state index contributed by atoms with van der Waals surface area (Å²) in [5.41, 5.74) is 7.73. The molecule has 1 unspecified atom stereocenters. The highest BCUT2D eigenvalue weighted by Crippen LogP contribution is 2.26. The van der Waals surface area contributed by atoms with Gasteiger partial charge in [0.25, 0.3) is 0 Å². The maximum absolute atomic E-state index is 6.12. The first-order valence-corrected chi connectivity index (χ1v) is 6.65. The van der Waals surface area contributed by atoms with Crippen molar-refractivity contribution < 1.29 is 4.74 Å². The Hall–Kier alpha value is -1.26. The van der Waals surface area contributed by atoms with E-state index >= 15 is 0 Å². The maximum atomic E-state index is 6.12. The number of halogens is 1. The summed E-state index contributed by atoms with van der Waals surface area (Å²) in [4.78, 5) is 4.33. The number of nitrogen functional groups attached to an aromatic ring is 1. The van der Waals surface area contributed by atoms with Gasteiger partial charge in [-0.1, -0.05) is 17.7 Å². The molecule has 4 nitrogen and oxygen atoms in total. The predicted molar refractivity (Wildman–Crippen MR) is 72.7 cm³/mol. The van der Waals surface area contributed by atoms with Crippen molar-refractivity contribution in [3.63, 3.8) is 0 Å². The van der Waals surface area contributed by atoms with E-state index < -0.39 is 0 Å². The Morgan fingerprint density at radius 2 is 2.33 bits per heavy atom. The van der Waals surface area contributed by atoms with Gasteiger partial charge in [-0.2, -0.15) is 0 Å². The van der Waals surface area contributed by atoms with Gasteiger partial charge in [0.15, 0.2) is 0 Å². The molecule has 3 rings (SSSR count). The number of benzene rings is 1. The van der Waals surface area contributed by atoms with Crippen LogP contribution < -0.4 is 5.73 Å². The molecule has 0 saturated carbocycles. The summed E-state index contributed by atoms with van der Waals surface area (Å²) in [7, 11) is 0. The molecule has 1 aliphatic rings. The van der Waals surface area contributed by atoms with Gasteiger partial charge < -0.3 is 15.0 Å². The smallest absolute Gasteiger partial charge is 0.201 e. The molecule has 1 aromatic heterocycles. The first-order valence-electron chi connectivity index (χ1n) is 6.27. The molecule has 0 bridgehead atoms. The van der Waals surface area contributed by atoms with Gasteiger partial charge in [0, 0.05) is 6.61 Å². The van der Waals surface area contributed by atoms with E-state index in [0.717, 1.165) is 37.0 Å². The molecule has 1 atom stereocenters. The fourth-order valence-corrected chi connectivity index (χ4v) is 2.69. The summed E-state index contributed by atoms with van der Waals surface area (Å²) in [5, 5.41) is 0.641. The van der Waals surface area contributed by atoms with Gasteiger partial charge in [-0.25, -0.2) is 4.98 Å². The third-order valence-electron chi connectivity index (χ3n) is 3.42. The zero-order chi connectivity index (χ0) is 12.5. The number of hydrogen-bond acceptors (Lipinski definition) is 3. The van der Waals surface area contributed by atoms with Crippen LogP contribution in [0.2, 0.25) is 5.02 Å². The number of anilines is 1. The quantitative estimate of drug-likeness (QED) is 0.908. The SMILES string of the molecule is Nc1nc2c(Cl)cccc2n1CC1CCCCO1. The Kier molecular flexibility index (Phi) is 3.14. The largest absolute Gasteiger partial charge is 0.376 e. The van der Waals surface area contributed by atoms with Gasteiger partial charge in [-0.3, -0.25) is 0 Å². The number of nitrogens with two attached hydrogens (primary N) is 1. The zero-order valence-electron chi connectivity index (χ0n) is 10.1. The molecule has 0 spiro atoms. The van der Waals surface area contributed by atoms with Gasteiger partial charge >= 0.3 is 0 Å². The minimum atomic E-state index is 0.234. The van der Waals surface area contributed by atoms with Crippen LogP contribution in [-0.2, 0) is 11.3 Å². The van der Waals surface area contributed by atoms with Crippen molar-refractivity contribution in [2.75, 3.05) is 12.3 Å². The summed E-state index contributed by atoms with van der Waals surface area (Å²) in [6.45, 7) is 1.60. The zero-order valence-corrected chi connectivity index (χ0v) is 10.9. The Labute approximate surface area is 111 Å². The topological polar surface area (TPSA) is 53.1 Å². The second-order valence-electron chi connectivity index (χ2n) is 4.68. The number of nitrogens with zero attached hydrogens (tertiary/aromatic N) is 2. The van der Waals surface area contributed by atoms with Crippen LogP contribution in [0.4, 0.5) is 5.95 Å². The average molecular weight is 266 g/mol. The molecule has 1 aliphatic heterocycles. The maximum Gasteiger partial charge on any atom is 0.201 e. The van der Waals surface area contributed by atoms with Crippen molar-refractivity contribution in [2.45, 2.75) is 31.9 Å². The molecule has 96 valence electrons. The number of ether oxygens (including phenoxy) is 1. The van der Waals surface area contributed by atoms with Crippen molar-refractivity contribution in [3.05, 3.63) is 23.2 Å². The molecule has 2 N–H and O–H groups in total. The molecule has 1 saturated heterocycles. The van der Waals surface area contributed by atoms with Crippen molar-refractivity contribution >= 4 is 28.6 Å². The second-order valence-corrected chi connectivity index (χ2v) is 5.08. The van der Waals surface area contributed by atoms with E-state index in [2.05, 4.69) is 4.98 Å². The summed E-state index contributed by atoms with van der Waals surface area (Å²) < 4.78 is 7.75. The number of imidazole rings is 1. The highest BCUT2D eigenvalue weighted by atomic mass is 35.5. The predicted octanol–water partition coefficient (Wildman–Crippen LogP) is 2.84. The van der Waals surface area contributed by atoms with Gasteiger partial charge in [0.05, 0.1) is 23.2 Å². The van der Waals surface area contributed by atoms with Crippen LogP contribution in [0, 0.1) is 0 Å². The highest BCUT2D eigenvalue weighted by Gasteiger charge is 2.18. The Balaban J connectivity index is 1.95. The fraction of sp³-hybridized carbons (Fsp3) is 0.462. The van der Waals surface area contributed by atoms with Crippen LogP contribution in [0.15, 0.2) is 18.2 Å². The lowest BCUT2D eigenvalue weighted by Crippen LogP contribution is -2.25. The lowest BCUT2D eigenvalue weighted by molar-refractivity contribution is 0.00694. The van der Waals surface area contributed by atoms with Gasteiger partial charge in [-0.05, 0) is 31.4 Å². The number of aromatic nitrogens is 2. The second kappa shape index (κ2) is 4.78. The Morgan fingerprint density at radius 3 is 3.11 bits per heavy atom. The van der Waals surface area contributed by atoms with Crippen LogP contribution in [0.3, 0.4) is 0 Å². The highest BCUT2D eigenvalue weighted by molar-refractivity contribution is 6.35. The van der Waals surface area contributed by atoms with Crippen LogP contribution in [0.5, 0.6) is 0 Å². The van der Waals surface area contributed by atoms with Crippen LogP contribution in [0.1, 0.15) is 19.3 Å². The lowest BCUT2D eigenvalue weighted by atomic mass is 10.1. The van der Waals surface area contributed by atoms with E-state index in [0.29, 0.717) is 11.0 Å². The lowest BCUT2D eigenvalue weighted by Gasteiger charge is -2.23. The molecule has 18 heavy (non-hydrogen) atoms. The standard InChI is InChI=1S/C13H16ClN3O/c14-10-5-3-6-11-12(10)16-13(15)17(11)8-9-4-1-2-7-18-9/h3,5-6,9H,1-2,4,7-8H2,(H2,15,16). The summed E-state index contributed by atoms with van der Waals surface area (Å²) in [5.74, 6) is 0.507. The summed E-state index contributed by atoms with van der Waals surface area (Å²) in [6, 6.07) is 5.75. The number of para-hydroxylation sites is 1. The minimum Gasteiger partial charge on any atom is -0.376 e. The molecule has 0 aliphatic carbocycles. The first-order chi connectivity index (χ1) is 8.75. The van der Waals surface area contributed by atoms with Gasteiger partial charge in [0.2, 0.25) is 5.95 Å². The molecule has 1 aromatic carbocycles. The van der Waals surface area contributed by atoms with E-state index in [1.165, 1.54) is 6.42 Å². The van der Waals surface area contributed by atoms with Gasteiger partial charge in [-0.15, -0.1) is 0 Å². The van der Waals surface area contributed by atoms with E-state index in [1.807, 2.05) is 22.8 Å². The Morgan fingerprint density at radius 1 is 1.44 bits per heavy atom. The minimum absolute atomic E-state index is 0.234. The number of fused-ring (bicyclic) bond motifs is 1. The summed E-state index contributed by atoms with van der Waals surface area (Å²) in [6.07, 6.45) is 3.69. The third kappa shape index (κ3) is 2.06. The van der Waals surface area contributed by atoms with E-state index in [1.54, 1.807) is 0 Å². The monoisotopic (exact) mass is 265 g/mol. The van der Waals surface area contributed by atoms with Crippen molar-refractivity contribution in [3.8, 4) is 0 Å².